The van der Waals surface area contributed by atoms with Crippen molar-refractivity contribution in [3.8, 4) is 16.4 Å². The molecule has 6 nitrogen and oxygen atoms in total. The van der Waals surface area contributed by atoms with Crippen molar-refractivity contribution in [3.05, 3.63) is 92.7 Å². The molecule has 0 fully saturated rings. The summed E-state index contributed by atoms with van der Waals surface area (Å²) in [4.78, 5) is 28.1. The van der Waals surface area contributed by atoms with Gasteiger partial charge >= 0.3 is 5.97 Å². The Labute approximate surface area is 166 Å². The smallest absolute Gasteiger partial charge is 0.355 e. The van der Waals surface area contributed by atoms with Crippen LogP contribution in [-0.4, -0.2) is 25.8 Å². The Morgan fingerprint density at radius 1 is 1.14 bits per heavy atom. The van der Waals surface area contributed by atoms with Gasteiger partial charge in [-0.05, 0) is 23.8 Å². The highest BCUT2D eigenvalue weighted by atomic mass is 32.1. The highest BCUT2D eigenvalue weighted by Crippen LogP contribution is 2.25. The highest BCUT2D eigenvalue weighted by molar-refractivity contribution is 7.12. The highest BCUT2D eigenvalue weighted by Gasteiger charge is 2.20. The fraction of sp³-hybridized carbons (Fsp3) is 0.0500. The van der Waals surface area contributed by atoms with Gasteiger partial charge in [0.15, 0.2) is 17.3 Å². The van der Waals surface area contributed by atoms with Gasteiger partial charge in [-0.25, -0.2) is 18.6 Å². The second-order valence-electron chi connectivity index (χ2n) is 6.22. The molecular formula is C20H13F2N3O3S. The van der Waals surface area contributed by atoms with E-state index >= 15 is 0 Å². The number of hydrogen-bond donors (Lipinski definition) is 2. The van der Waals surface area contributed by atoms with E-state index in [1.54, 1.807) is 0 Å². The maximum Gasteiger partial charge on any atom is 0.355 e. The van der Waals surface area contributed by atoms with Gasteiger partial charge in [-0.1, -0.05) is 30.3 Å². The third-order valence-electron chi connectivity index (χ3n) is 4.32. The van der Waals surface area contributed by atoms with Crippen LogP contribution in [0.1, 0.15) is 21.6 Å². The Morgan fingerprint density at radius 2 is 1.90 bits per heavy atom. The number of nitrogens with one attached hydrogen (secondary N) is 1. The standard InChI is InChI=1S/C20H13F2N3O3S/c21-14-7-6-12(9-15(14)22)17-13(8-11-4-2-1-3-5-11)18(26)25(24-17)20-23-16(10-29-20)19(27)28/h1-7,9-10,24H,8H2,(H,27,28). The molecule has 0 amide bonds. The van der Waals surface area contributed by atoms with Gasteiger partial charge in [-0.3, -0.25) is 9.89 Å². The lowest BCUT2D eigenvalue weighted by molar-refractivity contribution is 0.0691. The molecular weight excluding hydrogens is 400 g/mol. The molecule has 29 heavy (non-hydrogen) atoms. The third-order valence-corrected chi connectivity index (χ3v) is 5.15. The van der Waals surface area contributed by atoms with Crippen LogP contribution in [0, 0.1) is 11.6 Å². The quantitative estimate of drug-likeness (QED) is 0.520. The second kappa shape index (κ2) is 7.44. The molecule has 2 aromatic carbocycles. The monoisotopic (exact) mass is 413 g/mol. The van der Waals surface area contributed by atoms with Crippen molar-refractivity contribution in [1.29, 1.82) is 0 Å². The molecule has 0 aliphatic heterocycles. The number of rotatable bonds is 5. The Morgan fingerprint density at radius 3 is 2.55 bits per heavy atom. The first-order valence-electron chi connectivity index (χ1n) is 8.46. The summed E-state index contributed by atoms with van der Waals surface area (Å²) in [7, 11) is 0. The normalized spacial score (nSPS) is 11.0. The summed E-state index contributed by atoms with van der Waals surface area (Å²) in [5.41, 5.74) is 1.15. The van der Waals surface area contributed by atoms with Crippen LogP contribution < -0.4 is 5.56 Å². The molecule has 146 valence electrons. The SMILES string of the molecule is O=C(O)c1csc(-n2[nH]c(-c3ccc(F)c(F)c3)c(Cc3ccccc3)c2=O)n1. The van der Waals surface area contributed by atoms with Crippen LogP contribution in [0.4, 0.5) is 8.78 Å². The zero-order valence-electron chi connectivity index (χ0n) is 14.7. The molecule has 0 spiro atoms. The van der Waals surface area contributed by atoms with Crippen molar-refractivity contribution >= 4 is 17.3 Å². The summed E-state index contributed by atoms with van der Waals surface area (Å²) in [6, 6.07) is 12.6. The molecule has 0 aliphatic rings. The number of aromatic nitrogens is 3. The van der Waals surface area contributed by atoms with Gasteiger partial charge in [0.25, 0.3) is 5.56 Å². The largest absolute Gasteiger partial charge is 0.476 e. The molecule has 2 N–H and O–H groups in total. The first-order valence-corrected chi connectivity index (χ1v) is 9.34. The van der Waals surface area contributed by atoms with Crippen molar-refractivity contribution in [3.63, 3.8) is 0 Å². The van der Waals surface area contributed by atoms with E-state index < -0.39 is 23.2 Å². The molecule has 2 aromatic heterocycles. The number of carbonyl (C=O) groups is 1. The maximum absolute atomic E-state index is 13.8. The lowest BCUT2D eigenvalue weighted by atomic mass is 10.0. The fourth-order valence-electron chi connectivity index (χ4n) is 2.93. The van der Waals surface area contributed by atoms with E-state index in [1.807, 2.05) is 30.3 Å². The predicted octanol–water partition coefficient (Wildman–Crippen LogP) is 3.86. The van der Waals surface area contributed by atoms with Crippen molar-refractivity contribution in [2.45, 2.75) is 6.42 Å². The van der Waals surface area contributed by atoms with Crippen LogP contribution in [0.15, 0.2) is 58.7 Å². The molecule has 0 unspecified atom stereocenters. The number of carboxylic acids is 1. The maximum atomic E-state index is 13.8. The molecule has 4 aromatic rings. The van der Waals surface area contributed by atoms with E-state index in [9.17, 15) is 18.4 Å². The number of hydrogen-bond acceptors (Lipinski definition) is 4. The molecule has 0 atom stereocenters. The van der Waals surface area contributed by atoms with E-state index in [-0.39, 0.29) is 17.2 Å². The predicted molar refractivity (Wildman–Crippen MR) is 104 cm³/mol. The molecule has 0 saturated carbocycles. The second-order valence-corrected chi connectivity index (χ2v) is 7.05. The van der Waals surface area contributed by atoms with Gasteiger partial charge in [0.2, 0.25) is 5.13 Å². The lowest BCUT2D eigenvalue weighted by Gasteiger charge is -2.04. The van der Waals surface area contributed by atoms with Crippen LogP contribution in [0.25, 0.3) is 16.4 Å². The van der Waals surface area contributed by atoms with Gasteiger partial charge in [0, 0.05) is 22.9 Å². The molecule has 0 aliphatic carbocycles. The number of benzene rings is 2. The lowest BCUT2D eigenvalue weighted by Crippen LogP contribution is -2.17. The Hall–Kier alpha value is -3.59. The molecule has 4 rings (SSSR count). The van der Waals surface area contributed by atoms with Gasteiger partial charge in [0.1, 0.15) is 0 Å². The Balaban J connectivity index is 1.88. The Bertz CT molecular complexity index is 1260. The average molecular weight is 413 g/mol. The minimum atomic E-state index is -1.21. The number of nitrogens with zero attached hydrogens (tertiary/aromatic N) is 2. The molecule has 0 saturated heterocycles. The average Bonchev–Trinajstić information content (AvgIpc) is 3.31. The van der Waals surface area contributed by atoms with E-state index in [2.05, 4.69) is 10.1 Å². The number of halogens is 2. The van der Waals surface area contributed by atoms with Gasteiger partial charge in [0.05, 0.1) is 5.69 Å². The number of H-pyrrole nitrogens is 1. The van der Waals surface area contributed by atoms with Crippen molar-refractivity contribution in [1.82, 2.24) is 14.8 Å². The number of aromatic carboxylic acids is 1. The summed E-state index contributed by atoms with van der Waals surface area (Å²) in [5.74, 6) is -3.24. The van der Waals surface area contributed by atoms with E-state index in [0.717, 1.165) is 33.7 Å². The van der Waals surface area contributed by atoms with Crippen molar-refractivity contribution in [2.75, 3.05) is 0 Å². The van der Waals surface area contributed by atoms with Crippen LogP contribution in [-0.2, 0) is 6.42 Å². The summed E-state index contributed by atoms with van der Waals surface area (Å²) in [5, 5.41) is 13.4. The minimum absolute atomic E-state index is 0.135. The van der Waals surface area contributed by atoms with E-state index in [0.29, 0.717) is 16.8 Å². The summed E-state index contributed by atoms with van der Waals surface area (Å²) >= 11 is 0.980. The zero-order chi connectivity index (χ0) is 20.5. The topological polar surface area (TPSA) is 88.0 Å². The number of aromatic amines is 1. The molecule has 0 bridgehead atoms. The van der Waals surface area contributed by atoms with Gasteiger partial charge < -0.3 is 5.11 Å². The third kappa shape index (κ3) is 3.59. The van der Waals surface area contributed by atoms with Crippen LogP contribution in [0.5, 0.6) is 0 Å². The van der Waals surface area contributed by atoms with Crippen LogP contribution in [0.3, 0.4) is 0 Å². The molecule has 2 heterocycles. The first kappa shape index (κ1) is 18.8. The van der Waals surface area contributed by atoms with Crippen molar-refractivity contribution in [2.24, 2.45) is 0 Å². The number of thiazole rings is 1. The van der Waals surface area contributed by atoms with Crippen LogP contribution >= 0.6 is 11.3 Å². The number of carboxylic acid groups (broad SMARTS) is 1. The summed E-state index contributed by atoms with van der Waals surface area (Å²) < 4.78 is 28.3. The van der Waals surface area contributed by atoms with Gasteiger partial charge in [-0.2, -0.15) is 4.68 Å². The van der Waals surface area contributed by atoms with E-state index in [1.165, 1.54) is 11.4 Å². The molecule has 0 radical (unpaired) electrons. The minimum Gasteiger partial charge on any atom is -0.476 e. The van der Waals surface area contributed by atoms with Crippen LogP contribution in [0.2, 0.25) is 0 Å². The molecule has 9 heteroatoms. The first-order chi connectivity index (χ1) is 13.9. The summed E-state index contributed by atoms with van der Waals surface area (Å²) in [6.07, 6.45) is 0.245. The van der Waals surface area contributed by atoms with Crippen molar-refractivity contribution < 1.29 is 18.7 Å². The fourth-order valence-corrected chi connectivity index (χ4v) is 3.68. The van der Waals surface area contributed by atoms with E-state index in [4.69, 9.17) is 5.11 Å². The van der Waals surface area contributed by atoms with Gasteiger partial charge in [-0.15, -0.1) is 11.3 Å². The zero-order valence-corrected chi connectivity index (χ0v) is 15.5. The Kier molecular flexibility index (Phi) is 4.81. The summed E-state index contributed by atoms with van der Waals surface area (Å²) in [6.45, 7) is 0.